The standard InChI is InChI=1S/C21H23N5O2/c1-27-17-9-7-16(8-10-17)25-11-13-26(14-12-25)20-19(22)21(24-15-23-20)28-18-5-3-2-4-6-18/h2-10,15H,11-14,22H2,1H3. The van der Waals surface area contributed by atoms with E-state index in [0.717, 1.165) is 37.7 Å². The minimum absolute atomic E-state index is 0.383. The number of rotatable bonds is 5. The van der Waals surface area contributed by atoms with Crippen molar-refractivity contribution in [3.63, 3.8) is 0 Å². The zero-order valence-electron chi connectivity index (χ0n) is 15.8. The molecule has 1 saturated heterocycles. The first-order valence-corrected chi connectivity index (χ1v) is 9.22. The van der Waals surface area contributed by atoms with Crippen LogP contribution in [0.4, 0.5) is 17.2 Å². The fraction of sp³-hybridized carbons (Fsp3) is 0.238. The Morgan fingerprint density at radius 2 is 1.50 bits per heavy atom. The van der Waals surface area contributed by atoms with E-state index in [2.05, 4.69) is 31.9 Å². The second-order valence-corrected chi connectivity index (χ2v) is 6.50. The Kier molecular flexibility index (Phi) is 5.14. The van der Waals surface area contributed by atoms with Gasteiger partial charge in [0.15, 0.2) is 5.82 Å². The molecule has 2 N–H and O–H groups in total. The number of hydrogen-bond acceptors (Lipinski definition) is 7. The zero-order valence-corrected chi connectivity index (χ0v) is 15.8. The van der Waals surface area contributed by atoms with E-state index in [1.165, 1.54) is 12.0 Å². The van der Waals surface area contributed by atoms with Gasteiger partial charge in [-0.2, -0.15) is 4.98 Å². The minimum atomic E-state index is 0.383. The summed E-state index contributed by atoms with van der Waals surface area (Å²) in [6, 6.07) is 17.6. The first kappa shape index (κ1) is 17.9. The van der Waals surface area contributed by atoms with Gasteiger partial charge in [0.25, 0.3) is 0 Å². The largest absolute Gasteiger partial charge is 0.497 e. The molecule has 0 spiro atoms. The normalized spacial score (nSPS) is 14.0. The average Bonchev–Trinajstić information content (AvgIpc) is 2.76. The summed E-state index contributed by atoms with van der Waals surface area (Å²) >= 11 is 0. The Hall–Kier alpha value is -3.48. The van der Waals surface area contributed by atoms with E-state index >= 15 is 0 Å². The molecule has 0 saturated carbocycles. The summed E-state index contributed by atoms with van der Waals surface area (Å²) in [7, 11) is 1.68. The highest BCUT2D eigenvalue weighted by atomic mass is 16.5. The molecule has 0 bridgehead atoms. The number of hydrogen-bond donors (Lipinski definition) is 1. The van der Waals surface area contributed by atoms with E-state index in [1.54, 1.807) is 7.11 Å². The molecule has 7 heteroatoms. The maximum absolute atomic E-state index is 6.32. The Bertz CT molecular complexity index is 910. The molecule has 1 aromatic heterocycles. The van der Waals surface area contributed by atoms with Crippen molar-refractivity contribution in [1.82, 2.24) is 9.97 Å². The van der Waals surface area contributed by atoms with Crippen LogP contribution in [0.25, 0.3) is 0 Å². The number of para-hydroxylation sites is 1. The van der Waals surface area contributed by atoms with Gasteiger partial charge < -0.3 is 25.0 Å². The lowest BCUT2D eigenvalue weighted by Gasteiger charge is -2.37. The van der Waals surface area contributed by atoms with Crippen molar-refractivity contribution in [2.24, 2.45) is 0 Å². The molecule has 0 unspecified atom stereocenters. The highest BCUT2D eigenvalue weighted by molar-refractivity contribution is 5.68. The summed E-state index contributed by atoms with van der Waals surface area (Å²) < 4.78 is 11.1. The average molecular weight is 377 g/mol. The third kappa shape index (κ3) is 3.78. The van der Waals surface area contributed by atoms with Gasteiger partial charge in [-0.1, -0.05) is 18.2 Å². The molecule has 2 aromatic carbocycles. The van der Waals surface area contributed by atoms with Crippen LogP contribution in [-0.4, -0.2) is 43.3 Å². The smallest absolute Gasteiger partial charge is 0.248 e. The molecule has 0 radical (unpaired) electrons. The molecule has 0 aliphatic carbocycles. The van der Waals surface area contributed by atoms with Crippen LogP contribution in [0.15, 0.2) is 60.9 Å². The van der Waals surface area contributed by atoms with Crippen molar-refractivity contribution in [2.45, 2.75) is 0 Å². The summed E-state index contributed by atoms with van der Waals surface area (Å²) in [5.41, 5.74) is 7.97. The van der Waals surface area contributed by atoms with E-state index in [1.807, 2.05) is 42.5 Å². The quantitative estimate of drug-likeness (QED) is 0.732. The molecule has 4 rings (SSSR count). The van der Waals surface area contributed by atoms with Crippen LogP contribution in [-0.2, 0) is 0 Å². The minimum Gasteiger partial charge on any atom is -0.497 e. The number of methoxy groups -OCH3 is 1. The molecule has 1 aliphatic heterocycles. The predicted molar refractivity (Wildman–Crippen MR) is 110 cm³/mol. The third-order valence-electron chi connectivity index (χ3n) is 4.80. The number of benzene rings is 2. The fourth-order valence-corrected chi connectivity index (χ4v) is 3.27. The van der Waals surface area contributed by atoms with E-state index in [4.69, 9.17) is 15.2 Å². The Morgan fingerprint density at radius 3 is 2.18 bits per heavy atom. The monoisotopic (exact) mass is 377 g/mol. The molecule has 1 aliphatic rings. The van der Waals surface area contributed by atoms with Gasteiger partial charge in [-0.05, 0) is 36.4 Å². The third-order valence-corrected chi connectivity index (χ3v) is 4.80. The lowest BCUT2D eigenvalue weighted by atomic mass is 10.2. The number of nitrogen functional groups attached to an aromatic ring is 1. The van der Waals surface area contributed by atoms with Crippen LogP contribution in [0.3, 0.4) is 0 Å². The van der Waals surface area contributed by atoms with Crippen molar-refractivity contribution in [3.8, 4) is 17.4 Å². The molecular formula is C21H23N5O2. The van der Waals surface area contributed by atoms with E-state index in [-0.39, 0.29) is 0 Å². The molecule has 0 atom stereocenters. The van der Waals surface area contributed by atoms with Crippen molar-refractivity contribution < 1.29 is 9.47 Å². The van der Waals surface area contributed by atoms with E-state index in [0.29, 0.717) is 17.3 Å². The summed E-state index contributed by atoms with van der Waals surface area (Å²) in [6.07, 6.45) is 1.50. The first-order chi connectivity index (χ1) is 13.7. The highest BCUT2D eigenvalue weighted by Gasteiger charge is 2.22. The van der Waals surface area contributed by atoms with Crippen LogP contribution in [0.1, 0.15) is 0 Å². The summed E-state index contributed by atoms with van der Waals surface area (Å²) in [4.78, 5) is 13.1. The lowest BCUT2D eigenvalue weighted by molar-refractivity contribution is 0.415. The van der Waals surface area contributed by atoms with Gasteiger partial charge in [0, 0.05) is 31.9 Å². The van der Waals surface area contributed by atoms with Gasteiger partial charge in [0.2, 0.25) is 5.88 Å². The molecule has 1 fully saturated rings. The van der Waals surface area contributed by atoms with Crippen molar-refractivity contribution in [1.29, 1.82) is 0 Å². The molecule has 2 heterocycles. The molecule has 7 nitrogen and oxygen atoms in total. The van der Waals surface area contributed by atoms with Crippen molar-refractivity contribution in [3.05, 3.63) is 60.9 Å². The highest BCUT2D eigenvalue weighted by Crippen LogP contribution is 2.32. The summed E-state index contributed by atoms with van der Waals surface area (Å²) in [5.74, 6) is 2.66. The van der Waals surface area contributed by atoms with Crippen molar-refractivity contribution in [2.75, 3.05) is 48.8 Å². The number of ether oxygens (including phenoxy) is 2. The maximum atomic E-state index is 6.32. The molecule has 3 aromatic rings. The SMILES string of the molecule is COc1ccc(N2CCN(c3ncnc(Oc4ccccc4)c3N)CC2)cc1. The lowest BCUT2D eigenvalue weighted by Crippen LogP contribution is -2.47. The van der Waals surface area contributed by atoms with Gasteiger partial charge in [-0.3, -0.25) is 0 Å². The first-order valence-electron chi connectivity index (χ1n) is 9.22. The van der Waals surface area contributed by atoms with E-state index < -0.39 is 0 Å². The molecule has 0 amide bonds. The van der Waals surface area contributed by atoms with Gasteiger partial charge >= 0.3 is 0 Å². The van der Waals surface area contributed by atoms with Gasteiger partial charge in [-0.25, -0.2) is 4.98 Å². The number of anilines is 3. The Morgan fingerprint density at radius 1 is 0.821 bits per heavy atom. The Balaban J connectivity index is 1.45. The second kappa shape index (κ2) is 8.04. The fourth-order valence-electron chi connectivity index (χ4n) is 3.27. The van der Waals surface area contributed by atoms with Crippen LogP contribution >= 0.6 is 0 Å². The molecular weight excluding hydrogens is 354 g/mol. The number of aromatic nitrogens is 2. The number of nitrogens with zero attached hydrogens (tertiary/aromatic N) is 4. The van der Waals surface area contributed by atoms with Crippen LogP contribution < -0.4 is 25.0 Å². The molecule has 144 valence electrons. The van der Waals surface area contributed by atoms with E-state index in [9.17, 15) is 0 Å². The Labute approximate surface area is 164 Å². The number of piperazine rings is 1. The van der Waals surface area contributed by atoms with Crippen LogP contribution in [0, 0.1) is 0 Å². The van der Waals surface area contributed by atoms with Gasteiger partial charge in [-0.15, -0.1) is 0 Å². The summed E-state index contributed by atoms with van der Waals surface area (Å²) in [6.45, 7) is 3.39. The van der Waals surface area contributed by atoms with Crippen LogP contribution in [0.2, 0.25) is 0 Å². The zero-order chi connectivity index (χ0) is 19.3. The predicted octanol–water partition coefficient (Wildman–Crippen LogP) is 3.19. The van der Waals surface area contributed by atoms with Crippen molar-refractivity contribution >= 4 is 17.2 Å². The topological polar surface area (TPSA) is 76.7 Å². The maximum Gasteiger partial charge on any atom is 0.248 e. The van der Waals surface area contributed by atoms with Gasteiger partial charge in [0.05, 0.1) is 7.11 Å². The summed E-state index contributed by atoms with van der Waals surface area (Å²) in [5, 5.41) is 0. The number of nitrogens with two attached hydrogens (primary N) is 1. The van der Waals surface area contributed by atoms with Gasteiger partial charge in [0.1, 0.15) is 23.5 Å². The second-order valence-electron chi connectivity index (χ2n) is 6.50. The van der Waals surface area contributed by atoms with Crippen LogP contribution in [0.5, 0.6) is 17.4 Å². The molecule has 28 heavy (non-hydrogen) atoms.